The lowest BCUT2D eigenvalue weighted by atomic mass is 9.92. The largest absolute Gasteiger partial charge is 0.456 e. The lowest BCUT2D eigenvalue weighted by molar-refractivity contribution is 0.667. The number of aromatic nitrogens is 1. The average molecular weight is 743 g/mol. The Hall–Kier alpha value is -7.82. The van der Waals surface area contributed by atoms with Gasteiger partial charge in [-0.05, 0) is 77.4 Å². The highest BCUT2D eigenvalue weighted by molar-refractivity contribution is 6.12. The molecule has 0 atom stereocenters. The Kier molecular flexibility index (Phi) is 7.20. The van der Waals surface area contributed by atoms with E-state index in [4.69, 9.17) is 8.83 Å². The minimum Gasteiger partial charge on any atom is -0.456 e. The first-order valence-corrected chi connectivity index (χ1v) is 19.7. The van der Waals surface area contributed by atoms with Crippen molar-refractivity contribution >= 4 is 82.7 Å². The summed E-state index contributed by atoms with van der Waals surface area (Å²) in [4.78, 5) is 2.29. The second-order valence-corrected chi connectivity index (χ2v) is 14.8. The molecule has 4 nitrogen and oxygen atoms in total. The van der Waals surface area contributed by atoms with Crippen molar-refractivity contribution in [3.63, 3.8) is 0 Å². The average Bonchev–Trinajstić information content (AvgIpc) is 3.97. The van der Waals surface area contributed by atoms with E-state index in [0.29, 0.717) is 0 Å². The smallest absolute Gasteiger partial charge is 0.159 e. The topological polar surface area (TPSA) is 34.5 Å². The van der Waals surface area contributed by atoms with Gasteiger partial charge >= 0.3 is 0 Å². The van der Waals surface area contributed by atoms with Gasteiger partial charge in [0.05, 0.1) is 28.1 Å². The van der Waals surface area contributed by atoms with Crippen molar-refractivity contribution in [1.82, 2.24) is 4.57 Å². The maximum atomic E-state index is 6.66. The quantitative estimate of drug-likeness (QED) is 0.170. The van der Waals surface area contributed by atoms with Crippen LogP contribution in [0, 0.1) is 0 Å². The summed E-state index contributed by atoms with van der Waals surface area (Å²) in [5, 5.41) is 6.84. The normalized spacial score (nSPS) is 11.8. The minimum absolute atomic E-state index is 0.834. The fourth-order valence-corrected chi connectivity index (χ4v) is 9.04. The van der Waals surface area contributed by atoms with Gasteiger partial charge in [0.1, 0.15) is 16.7 Å². The van der Waals surface area contributed by atoms with E-state index >= 15 is 0 Å². The third-order valence-electron chi connectivity index (χ3n) is 11.6. The number of rotatable bonds is 6. The number of benzene rings is 9. The zero-order valence-electron chi connectivity index (χ0n) is 31.3. The molecule has 3 aromatic heterocycles. The minimum atomic E-state index is 0.834. The maximum absolute atomic E-state index is 6.66. The number of para-hydroxylation sites is 5. The van der Waals surface area contributed by atoms with Crippen LogP contribution >= 0.6 is 0 Å². The van der Waals surface area contributed by atoms with Gasteiger partial charge in [0, 0.05) is 49.6 Å². The van der Waals surface area contributed by atoms with E-state index in [1.54, 1.807) is 0 Å². The number of fused-ring (bicyclic) bond motifs is 9. The first-order chi connectivity index (χ1) is 28.8. The summed E-state index contributed by atoms with van der Waals surface area (Å²) in [5.41, 5.74) is 14.5. The fraction of sp³-hybridized carbons (Fsp3) is 0. The highest BCUT2D eigenvalue weighted by Crippen LogP contribution is 2.46. The summed E-state index contributed by atoms with van der Waals surface area (Å²) >= 11 is 0. The third kappa shape index (κ3) is 4.95. The van der Waals surface area contributed by atoms with Crippen LogP contribution in [-0.4, -0.2) is 4.57 Å². The molecule has 0 aliphatic carbocycles. The van der Waals surface area contributed by atoms with Crippen molar-refractivity contribution in [2.45, 2.75) is 0 Å². The molecule has 272 valence electrons. The second-order valence-electron chi connectivity index (χ2n) is 14.8. The van der Waals surface area contributed by atoms with Crippen molar-refractivity contribution in [3.8, 4) is 27.9 Å². The maximum Gasteiger partial charge on any atom is 0.159 e. The number of hydrogen-bond donors (Lipinski definition) is 0. The molecule has 0 aliphatic rings. The number of anilines is 3. The summed E-state index contributed by atoms with van der Waals surface area (Å²) in [6.07, 6.45) is 0. The molecule has 0 saturated carbocycles. The fourth-order valence-electron chi connectivity index (χ4n) is 9.04. The van der Waals surface area contributed by atoms with Crippen molar-refractivity contribution < 1.29 is 8.83 Å². The molecule has 0 bridgehead atoms. The Bertz CT molecular complexity index is 3460. The number of nitrogens with zero attached hydrogens (tertiary/aromatic N) is 2. The Labute approximate surface area is 334 Å². The summed E-state index contributed by atoms with van der Waals surface area (Å²) in [5.74, 6) is 0. The summed E-state index contributed by atoms with van der Waals surface area (Å²) in [6.45, 7) is 0. The monoisotopic (exact) mass is 742 g/mol. The molecule has 0 unspecified atom stereocenters. The molecule has 4 heteroatoms. The van der Waals surface area contributed by atoms with E-state index in [0.717, 1.165) is 72.2 Å². The Morgan fingerprint density at radius 2 is 0.931 bits per heavy atom. The van der Waals surface area contributed by atoms with Crippen molar-refractivity contribution in [1.29, 1.82) is 0 Å². The molecule has 58 heavy (non-hydrogen) atoms. The summed E-state index contributed by atoms with van der Waals surface area (Å²) in [7, 11) is 0. The van der Waals surface area contributed by atoms with E-state index in [1.807, 2.05) is 24.3 Å². The molecule has 12 aromatic rings. The van der Waals surface area contributed by atoms with E-state index < -0.39 is 0 Å². The zero-order valence-corrected chi connectivity index (χ0v) is 31.3. The van der Waals surface area contributed by atoms with Crippen molar-refractivity contribution in [3.05, 3.63) is 206 Å². The van der Waals surface area contributed by atoms with Crippen molar-refractivity contribution in [2.24, 2.45) is 0 Å². The molecule has 0 radical (unpaired) electrons. The standard InChI is InChI=1S/C54H34N2O2/c1-2-14-35(15-3-1)39-20-12-24-48(56-46-22-8-4-16-40(46)41-17-5-9-23-47(41)56)53(39)36-28-30-37(31-29-36)55(38-32-33-44-42-18-6-10-26-50(42)57-52(44)34-38)49-25-13-21-45-43-19-7-11-27-51(43)58-54(45)49/h1-34H. The predicted octanol–water partition coefficient (Wildman–Crippen LogP) is 15.4. The van der Waals surface area contributed by atoms with Crippen molar-refractivity contribution in [2.75, 3.05) is 4.90 Å². The Morgan fingerprint density at radius 3 is 1.67 bits per heavy atom. The highest BCUT2D eigenvalue weighted by atomic mass is 16.3. The van der Waals surface area contributed by atoms with E-state index in [-0.39, 0.29) is 0 Å². The van der Waals surface area contributed by atoms with Gasteiger partial charge in [0.25, 0.3) is 0 Å². The molecular weight excluding hydrogens is 709 g/mol. The SMILES string of the molecule is c1ccc(-c2cccc(-n3c4ccccc4c4ccccc43)c2-c2ccc(N(c3ccc4c(c3)oc3ccccc34)c3cccc4c3oc3ccccc34)cc2)cc1. The van der Waals surface area contributed by atoms with Crippen LogP contribution in [0.25, 0.3) is 93.6 Å². The molecule has 0 aliphatic heterocycles. The zero-order chi connectivity index (χ0) is 38.2. The highest BCUT2D eigenvalue weighted by Gasteiger charge is 2.23. The van der Waals surface area contributed by atoms with Crippen LogP contribution in [0.5, 0.6) is 0 Å². The molecule has 0 fully saturated rings. The molecular formula is C54H34N2O2. The van der Waals surface area contributed by atoms with Crippen LogP contribution in [0.15, 0.2) is 215 Å². The van der Waals surface area contributed by atoms with Crippen LogP contribution in [0.1, 0.15) is 0 Å². The molecule has 0 amide bonds. The Morgan fingerprint density at radius 1 is 0.362 bits per heavy atom. The van der Waals surface area contributed by atoms with Gasteiger partial charge in [0.15, 0.2) is 5.58 Å². The van der Waals surface area contributed by atoms with Gasteiger partial charge in [0.2, 0.25) is 0 Å². The lowest BCUT2D eigenvalue weighted by Gasteiger charge is -2.26. The lowest BCUT2D eigenvalue weighted by Crippen LogP contribution is -2.10. The molecule has 3 heterocycles. The number of furan rings is 2. The molecule has 0 N–H and O–H groups in total. The molecule has 9 aromatic carbocycles. The van der Waals surface area contributed by atoms with Gasteiger partial charge < -0.3 is 18.3 Å². The van der Waals surface area contributed by atoms with Gasteiger partial charge in [-0.1, -0.05) is 140 Å². The van der Waals surface area contributed by atoms with Gasteiger partial charge in [-0.2, -0.15) is 0 Å². The summed E-state index contributed by atoms with van der Waals surface area (Å²) in [6, 6.07) is 73.2. The van der Waals surface area contributed by atoms with Crippen LogP contribution in [0.4, 0.5) is 17.1 Å². The van der Waals surface area contributed by atoms with Crippen LogP contribution in [-0.2, 0) is 0 Å². The van der Waals surface area contributed by atoms with E-state index in [9.17, 15) is 0 Å². The summed E-state index contributed by atoms with van der Waals surface area (Å²) < 4.78 is 15.5. The number of hydrogen-bond acceptors (Lipinski definition) is 3. The molecule has 0 saturated heterocycles. The first-order valence-electron chi connectivity index (χ1n) is 19.7. The van der Waals surface area contributed by atoms with Crippen LogP contribution in [0.3, 0.4) is 0 Å². The molecule has 12 rings (SSSR count). The first kappa shape index (κ1) is 32.4. The van der Waals surface area contributed by atoms with Gasteiger partial charge in [-0.25, -0.2) is 0 Å². The third-order valence-corrected chi connectivity index (χ3v) is 11.6. The second kappa shape index (κ2) is 12.9. The predicted molar refractivity (Wildman–Crippen MR) is 241 cm³/mol. The Balaban J connectivity index is 1.08. The van der Waals surface area contributed by atoms with Crippen LogP contribution in [0.2, 0.25) is 0 Å². The van der Waals surface area contributed by atoms with E-state index in [1.165, 1.54) is 38.5 Å². The molecule has 0 spiro atoms. The van der Waals surface area contributed by atoms with E-state index in [2.05, 4.69) is 191 Å². The van der Waals surface area contributed by atoms with Gasteiger partial charge in [-0.15, -0.1) is 0 Å². The van der Waals surface area contributed by atoms with Crippen LogP contribution < -0.4 is 4.90 Å². The van der Waals surface area contributed by atoms with Gasteiger partial charge in [-0.3, -0.25) is 0 Å².